The summed E-state index contributed by atoms with van der Waals surface area (Å²) in [4.78, 5) is 31.5. The number of nitrogens with one attached hydrogen (secondary N) is 1. The topological polar surface area (TPSA) is 52.7 Å². The molecule has 2 aromatic carbocycles. The third-order valence-electron chi connectivity index (χ3n) is 7.76. The normalized spacial score (nSPS) is 23.7. The van der Waals surface area contributed by atoms with Crippen LogP contribution in [-0.2, 0) is 16.0 Å². The highest BCUT2D eigenvalue weighted by Crippen LogP contribution is 2.46. The number of carbonyl (C=O) groups is 2. The van der Waals surface area contributed by atoms with E-state index in [-0.39, 0.29) is 11.8 Å². The first-order valence-electron chi connectivity index (χ1n) is 11.7. The summed E-state index contributed by atoms with van der Waals surface area (Å²) in [7, 11) is 0. The van der Waals surface area contributed by atoms with Crippen molar-refractivity contribution in [2.75, 3.05) is 16.8 Å². The number of aryl methyl sites for hydroxylation is 1. The fourth-order valence-electron chi connectivity index (χ4n) is 6.13. The van der Waals surface area contributed by atoms with E-state index < -0.39 is 5.54 Å². The molecule has 1 spiro atoms. The second-order valence-corrected chi connectivity index (χ2v) is 9.60. The molecule has 2 fully saturated rings. The van der Waals surface area contributed by atoms with E-state index in [1.807, 2.05) is 29.2 Å². The lowest BCUT2D eigenvalue weighted by Crippen LogP contribution is -2.62. The van der Waals surface area contributed by atoms with Crippen LogP contribution in [0.15, 0.2) is 48.5 Å². The number of carbonyl (C=O) groups excluding carboxylic acids is 2. The fourth-order valence-corrected chi connectivity index (χ4v) is 6.13. The first-order valence-corrected chi connectivity index (χ1v) is 11.7. The lowest BCUT2D eigenvalue weighted by molar-refractivity contribution is -0.128. The summed E-state index contributed by atoms with van der Waals surface area (Å²) in [6.45, 7) is 0.382. The van der Waals surface area contributed by atoms with Gasteiger partial charge in [-0.25, -0.2) is 0 Å². The number of amides is 2. The zero-order chi connectivity index (χ0) is 21.0. The highest BCUT2D eigenvalue weighted by atomic mass is 16.2. The fraction of sp³-hybridized carbons (Fsp3) is 0.462. The molecule has 1 heterocycles. The van der Waals surface area contributed by atoms with Gasteiger partial charge in [0.1, 0.15) is 5.54 Å². The molecular weight excluding hydrogens is 386 g/mol. The number of para-hydroxylation sites is 2. The molecule has 1 N–H and O–H groups in total. The summed E-state index contributed by atoms with van der Waals surface area (Å²) in [5, 5.41) is 3.09. The Labute approximate surface area is 183 Å². The first kappa shape index (κ1) is 19.1. The van der Waals surface area contributed by atoms with Crippen LogP contribution in [0.5, 0.6) is 0 Å². The van der Waals surface area contributed by atoms with E-state index in [0.717, 1.165) is 62.7 Å². The van der Waals surface area contributed by atoms with Gasteiger partial charge in [0.25, 0.3) is 5.91 Å². The van der Waals surface area contributed by atoms with Crippen LogP contribution in [0, 0.1) is 0 Å². The zero-order valence-corrected chi connectivity index (χ0v) is 17.8. The van der Waals surface area contributed by atoms with Gasteiger partial charge >= 0.3 is 0 Å². The van der Waals surface area contributed by atoms with Gasteiger partial charge in [-0.15, -0.1) is 0 Å². The Balaban J connectivity index is 1.35. The van der Waals surface area contributed by atoms with Gasteiger partial charge in [-0.3, -0.25) is 19.4 Å². The van der Waals surface area contributed by atoms with Crippen LogP contribution in [0.1, 0.15) is 62.1 Å². The molecule has 1 unspecified atom stereocenters. The lowest BCUT2D eigenvalue weighted by Gasteiger charge is -2.45. The van der Waals surface area contributed by atoms with Crippen molar-refractivity contribution < 1.29 is 9.59 Å². The third-order valence-corrected chi connectivity index (χ3v) is 7.76. The highest BCUT2D eigenvalue weighted by Gasteiger charge is 2.52. The van der Waals surface area contributed by atoms with Gasteiger partial charge in [-0.2, -0.15) is 0 Å². The summed E-state index contributed by atoms with van der Waals surface area (Å²) in [6.07, 6.45) is 7.94. The Morgan fingerprint density at radius 1 is 1.03 bits per heavy atom. The summed E-state index contributed by atoms with van der Waals surface area (Å²) < 4.78 is 0. The second-order valence-electron chi connectivity index (χ2n) is 9.60. The number of hydrogen-bond donors (Lipinski definition) is 1. The van der Waals surface area contributed by atoms with Crippen LogP contribution in [0.2, 0.25) is 0 Å². The van der Waals surface area contributed by atoms with Crippen molar-refractivity contribution >= 4 is 23.2 Å². The standard InChI is InChI=1S/C26H29N3O2/c30-24(17-28(19-12-13-19)22-14-11-18-7-1-2-8-20(18)22)29-23-10-4-3-9-21(23)27-25(31)26(29)15-5-6-16-26/h1-4,7-10,19,22H,5-6,11-17H2,(H,27,31). The molecule has 0 radical (unpaired) electrons. The van der Waals surface area contributed by atoms with Crippen LogP contribution in [0.25, 0.3) is 0 Å². The van der Waals surface area contributed by atoms with Crippen molar-refractivity contribution in [3.8, 4) is 0 Å². The van der Waals surface area contributed by atoms with Gasteiger partial charge in [0, 0.05) is 12.1 Å². The van der Waals surface area contributed by atoms with Gasteiger partial charge in [0.2, 0.25) is 5.91 Å². The molecule has 6 rings (SSSR count). The van der Waals surface area contributed by atoms with Gasteiger partial charge < -0.3 is 5.32 Å². The molecule has 160 valence electrons. The Bertz CT molecular complexity index is 1040. The van der Waals surface area contributed by atoms with E-state index in [2.05, 4.69) is 34.5 Å². The molecule has 0 aromatic heterocycles. The van der Waals surface area contributed by atoms with Crippen molar-refractivity contribution in [2.45, 2.75) is 69.0 Å². The second kappa shape index (κ2) is 7.20. The summed E-state index contributed by atoms with van der Waals surface area (Å²) in [5.41, 5.74) is 3.68. The van der Waals surface area contributed by atoms with Gasteiger partial charge in [-0.1, -0.05) is 49.2 Å². The molecule has 2 saturated carbocycles. The van der Waals surface area contributed by atoms with Crippen LogP contribution in [0.4, 0.5) is 11.4 Å². The maximum Gasteiger partial charge on any atom is 0.250 e. The van der Waals surface area contributed by atoms with E-state index in [9.17, 15) is 9.59 Å². The van der Waals surface area contributed by atoms with Crippen molar-refractivity contribution in [3.05, 3.63) is 59.7 Å². The third kappa shape index (κ3) is 3.01. The van der Waals surface area contributed by atoms with E-state index in [4.69, 9.17) is 0 Å². The number of anilines is 2. The number of benzene rings is 2. The monoisotopic (exact) mass is 415 g/mol. The van der Waals surface area contributed by atoms with Crippen LogP contribution in [-0.4, -0.2) is 34.8 Å². The van der Waals surface area contributed by atoms with Crippen molar-refractivity contribution in [3.63, 3.8) is 0 Å². The van der Waals surface area contributed by atoms with Crippen LogP contribution >= 0.6 is 0 Å². The van der Waals surface area contributed by atoms with Gasteiger partial charge in [0.15, 0.2) is 0 Å². The first-order chi connectivity index (χ1) is 15.2. The Morgan fingerprint density at radius 3 is 2.58 bits per heavy atom. The minimum atomic E-state index is -0.728. The van der Waals surface area contributed by atoms with Crippen LogP contribution in [0.3, 0.4) is 0 Å². The average molecular weight is 416 g/mol. The van der Waals surface area contributed by atoms with Crippen molar-refractivity contribution in [2.24, 2.45) is 0 Å². The van der Waals surface area contributed by atoms with E-state index in [0.29, 0.717) is 18.6 Å². The molecule has 3 aliphatic carbocycles. The summed E-state index contributed by atoms with van der Waals surface area (Å²) >= 11 is 0. The highest BCUT2D eigenvalue weighted by molar-refractivity contribution is 6.15. The lowest BCUT2D eigenvalue weighted by atomic mass is 9.89. The van der Waals surface area contributed by atoms with Crippen LogP contribution < -0.4 is 10.2 Å². The predicted molar refractivity (Wildman–Crippen MR) is 121 cm³/mol. The quantitative estimate of drug-likeness (QED) is 0.803. The largest absolute Gasteiger partial charge is 0.322 e. The molecule has 1 aliphatic heterocycles. The maximum absolute atomic E-state index is 14.0. The Hall–Kier alpha value is -2.66. The smallest absolute Gasteiger partial charge is 0.250 e. The molecule has 0 bridgehead atoms. The van der Waals surface area contributed by atoms with Crippen molar-refractivity contribution in [1.82, 2.24) is 4.90 Å². The van der Waals surface area contributed by atoms with E-state index in [1.165, 1.54) is 11.1 Å². The van der Waals surface area contributed by atoms with Crippen molar-refractivity contribution in [1.29, 1.82) is 0 Å². The molecular formula is C26H29N3O2. The maximum atomic E-state index is 14.0. The Kier molecular flexibility index (Phi) is 4.42. The Morgan fingerprint density at radius 2 is 1.77 bits per heavy atom. The minimum Gasteiger partial charge on any atom is -0.322 e. The molecule has 2 amide bonds. The van der Waals surface area contributed by atoms with Gasteiger partial charge in [-0.05, 0) is 61.8 Å². The average Bonchev–Trinajstić information content (AvgIpc) is 3.35. The molecule has 0 saturated heterocycles. The van der Waals surface area contributed by atoms with E-state index in [1.54, 1.807) is 0 Å². The van der Waals surface area contributed by atoms with E-state index >= 15 is 0 Å². The number of nitrogens with zero attached hydrogens (tertiary/aromatic N) is 2. The number of hydrogen-bond acceptors (Lipinski definition) is 3. The minimum absolute atomic E-state index is 0.0127. The molecule has 1 atom stereocenters. The number of rotatable bonds is 4. The summed E-state index contributed by atoms with van der Waals surface area (Å²) in [6, 6.07) is 17.2. The predicted octanol–water partition coefficient (Wildman–Crippen LogP) is 4.44. The summed E-state index contributed by atoms with van der Waals surface area (Å²) in [5.74, 6) is 0.0571. The molecule has 5 nitrogen and oxygen atoms in total. The SMILES string of the molecule is O=C(CN(C1CC1)C1CCc2ccccc21)N1c2ccccc2NC(=O)C12CCCC2. The van der Waals surface area contributed by atoms with Gasteiger partial charge in [0.05, 0.1) is 17.9 Å². The molecule has 31 heavy (non-hydrogen) atoms. The zero-order valence-electron chi connectivity index (χ0n) is 17.8. The molecule has 5 heteroatoms. The molecule has 2 aromatic rings. The molecule has 4 aliphatic rings. The number of fused-ring (bicyclic) bond motifs is 2.